The quantitative estimate of drug-likeness (QED) is 0.0849. The minimum atomic E-state index is -4.47. The molecule has 0 aliphatic heterocycles. The van der Waals surface area contributed by atoms with Crippen molar-refractivity contribution in [3.8, 4) is 11.4 Å². The molecule has 1 N–H and O–H groups in total. The summed E-state index contributed by atoms with van der Waals surface area (Å²) in [6.45, 7) is 5.56. The number of benzene rings is 3. The number of imidazole rings is 1. The van der Waals surface area contributed by atoms with E-state index in [-0.39, 0.29) is 22.9 Å². The van der Waals surface area contributed by atoms with Gasteiger partial charge in [0.15, 0.2) is 17.6 Å². The number of nitrogens with zero attached hydrogens (tertiary/aromatic N) is 4. The van der Waals surface area contributed by atoms with Crippen LogP contribution in [-0.2, 0) is 32.5 Å². The van der Waals surface area contributed by atoms with Gasteiger partial charge >= 0.3 is 5.97 Å². The van der Waals surface area contributed by atoms with Crippen molar-refractivity contribution in [1.29, 1.82) is 0 Å². The number of aryl methyl sites for hydroxylation is 1. The molecular weight excluding hydrogens is 753 g/mol. The van der Waals surface area contributed by atoms with Gasteiger partial charge in [-0.1, -0.05) is 60.9 Å². The second kappa shape index (κ2) is 16.3. The van der Waals surface area contributed by atoms with Crippen LogP contribution in [0.4, 0.5) is 8.78 Å². The lowest BCUT2D eigenvalue weighted by atomic mass is 9.81. The number of pyridine rings is 1. The molecule has 1 atom stereocenters. The fourth-order valence-electron chi connectivity index (χ4n) is 5.69. The van der Waals surface area contributed by atoms with E-state index >= 15 is 4.39 Å². The first-order valence-corrected chi connectivity index (χ1v) is 19.3. The van der Waals surface area contributed by atoms with Gasteiger partial charge in [-0.05, 0) is 61.0 Å². The number of hydrogen-bond donors (Lipinski definition) is 1. The third kappa shape index (κ3) is 8.44. The number of carboxylic acid groups (broad SMARTS) is 1. The van der Waals surface area contributed by atoms with E-state index in [0.29, 0.717) is 34.6 Å². The van der Waals surface area contributed by atoms with Gasteiger partial charge in [-0.2, -0.15) is 4.31 Å². The van der Waals surface area contributed by atoms with Gasteiger partial charge in [-0.15, -0.1) is 0 Å². The highest BCUT2D eigenvalue weighted by molar-refractivity contribution is 7.98. The fourth-order valence-corrected chi connectivity index (χ4v) is 9.00. The van der Waals surface area contributed by atoms with Crippen LogP contribution in [-0.4, -0.2) is 53.0 Å². The molecule has 3 aromatic carbocycles. The predicted octanol–water partition coefficient (Wildman–Crippen LogP) is 7.93. The maximum absolute atomic E-state index is 15.8. The molecule has 0 bridgehead atoms. The predicted molar refractivity (Wildman–Crippen MR) is 197 cm³/mol. The molecule has 0 aliphatic rings. The van der Waals surface area contributed by atoms with Crippen molar-refractivity contribution >= 4 is 51.0 Å². The zero-order valence-electron chi connectivity index (χ0n) is 28.8. The molecule has 0 saturated carbocycles. The third-order valence-corrected chi connectivity index (χ3v) is 12.3. The second-order valence-electron chi connectivity index (χ2n) is 12.5. The van der Waals surface area contributed by atoms with Crippen molar-refractivity contribution in [2.24, 2.45) is 0 Å². The minimum Gasteiger partial charge on any atom is -0.495 e. The Morgan fingerprint density at radius 1 is 1.06 bits per heavy atom. The summed E-state index contributed by atoms with van der Waals surface area (Å²) in [5.41, 5.74) is 1.56. The lowest BCUT2D eigenvalue weighted by Gasteiger charge is -2.28. The van der Waals surface area contributed by atoms with Gasteiger partial charge in [0.25, 0.3) is 0 Å². The van der Waals surface area contributed by atoms with Crippen LogP contribution in [0.25, 0.3) is 5.69 Å². The number of thioether (sulfide) groups is 1. The molecule has 2 aromatic heterocycles. The Bertz CT molecular complexity index is 2150. The summed E-state index contributed by atoms with van der Waals surface area (Å²) in [6, 6.07) is 17.4. The Balaban J connectivity index is 1.45. The van der Waals surface area contributed by atoms with Gasteiger partial charge in [-0.3, -0.25) is 9.36 Å². The summed E-state index contributed by atoms with van der Waals surface area (Å²) >= 11 is 14.0. The molecular formula is C37H37Cl2F2N4O5S2+. The molecule has 52 heavy (non-hydrogen) atoms. The van der Waals surface area contributed by atoms with Crippen LogP contribution in [0.1, 0.15) is 44.0 Å². The Hall–Kier alpha value is -4.01. The number of ether oxygens (including phenoxy) is 1. The summed E-state index contributed by atoms with van der Waals surface area (Å²) in [5.74, 6) is -2.19. The maximum Gasteiger partial charge on any atom is 0.321 e. The van der Waals surface area contributed by atoms with E-state index in [1.165, 1.54) is 26.2 Å². The zero-order chi connectivity index (χ0) is 37.8. The van der Waals surface area contributed by atoms with Crippen LogP contribution in [0.5, 0.6) is 5.75 Å². The molecule has 9 nitrogen and oxygen atoms in total. The highest BCUT2D eigenvalue weighted by Gasteiger charge is 2.35. The van der Waals surface area contributed by atoms with Crippen LogP contribution in [0, 0.1) is 11.6 Å². The van der Waals surface area contributed by atoms with E-state index in [2.05, 4.69) is 4.98 Å². The van der Waals surface area contributed by atoms with E-state index in [0.717, 1.165) is 39.5 Å². The van der Waals surface area contributed by atoms with Gasteiger partial charge in [0, 0.05) is 52.5 Å². The molecule has 0 amide bonds. The van der Waals surface area contributed by atoms with Gasteiger partial charge in [0.1, 0.15) is 30.0 Å². The van der Waals surface area contributed by atoms with Crippen LogP contribution in [0.2, 0.25) is 10.0 Å². The number of hydrogen-bond acceptors (Lipinski definition) is 6. The Morgan fingerprint density at radius 3 is 2.38 bits per heavy atom. The number of halogens is 4. The largest absolute Gasteiger partial charge is 0.495 e. The number of aromatic nitrogens is 3. The third-order valence-electron chi connectivity index (χ3n) is 8.76. The number of rotatable bonds is 15. The van der Waals surface area contributed by atoms with E-state index in [9.17, 15) is 22.7 Å². The first-order valence-electron chi connectivity index (χ1n) is 16.1. The summed E-state index contributed by atoms with van der Waals surface area (Å²) in [4.78, 5) is 16.1. The van der Waals surface area contributed by atoms with Gasteiger partial charge < -0.3 is 9.84 Å². The maximum atomic E-state index is 15.8. The number of methoxy groups -OCH3 is 1. The van der Waals surface area contributed by atoms with Crippen molar-refractivity contribution in [3.63, 3.8) is 0 Å². The number of aliphatic carboxylic acids is 1. The first kappa shape index (κ1) is 39.2. The molecule has 15 heteroatoms. The Kier molecular flexibility index (Phi) is 12.3. The average Bonchev–Trinajstić information content (AvgIpc) is 3.55. The highest BCUT2D eigenvalue weighted by atomic mass is 35.5. The van der Waals surface area contributed by atoms with Crippen LogP contribution < -0.4 is 9.30 Å². The smallest absolute Gasteiger partial charge is 0.321 e. The molecule has 0 saturated heterocycles. The van der Waals surface area contributed by atoms with E-state index in [1.807, 2.05) is 65.7 Å². The number of sulfonamides is 1. The SMILES string of the molecule is COc1cc(C(C)(C)c2cnc(SCc3c(F)cc(S(=O)(=O)N(CCC[n+]4ccccc4)[C@H](C)C(=O)O)cc3Cl)n2-c2ccc(F)cc2)ccc1Cl. The van der Waals surface area contributed by atoms with Crippen molar-refractivity contribution in [2.45, 2.75) is 61.0 Å². The lowest BCUT2D eigenvalue weighted by Crippen LogP contribution is -2.45. The van der Waals surface area contributed by atoms with E-state index < -0.39 is 44.0 Å². The van der Waals surface area contributed by atoms with Crippen molar-refractivity contribution < 1.29 is 36.4 Å². The molecule has 0 radical (unpaired) electrons. The lowest BCUT2D eigenvalue weighted by molar-refractivity contribution is -0.697. The second-order valence-corrected chi connectivity index (χ2v) is 16.1. The van der Waals surface area contributed by atoms with Crippen molar-refractivity contribution in [2.75, 3.05) is 13.7 Å². The van der Waals surface area contributed by atoms with Gasteiger partial charge in [0.2, 0.25) is 10.0 Å². The molecule has 0 spiro atoms. The van der Waals surface area contributed by atoms with Crippen LogP contribution in [0.15, 0.2) is 101 Å². The van der Waals surface area contributed by atoms with Gasteiger partial charge in [0.05, 0.1) is 28.9 Å². The molecule has 0 aliphatic carbocycles. The fraction of sp³-hybridized carbons (Fsp3) is 0.270. The molecule has 274 valence electrons. The normalized spacial score (nSPS) is 12.6. The molecule has 0 unspecified atom stereocenters. The molecule has 0 fully saturated rings. The summed E-state index contributed by atoms with van der Waals surface area (Å²) in [6.07, 6.45) is 5.63. The van der Waals surface area contributed by atoms with Crippen molar-refractivity contribution in [1.82, 2.24) is 13.9 Å². The van der Waals surface area contributed by atoms with E-state index in [4.69, 9.17) is 27.9 Å². The first-order chi connectivity index (χ1) is 24.6. The molecule has 5 aromatic rings. The molecule has 5 rings (SSSR count). The number of carbonyl (C=O) groups is 1. The standard InChI is InChI=1S/C37H36Cl2F2N4O5S2/c1-24(35(46)47)44(18-8-17-43-15-6-5-7-16-43)52(48,49)28-20-31(39)29(32(41)21-28)23-51-36-42-22-34(45(36)27-12-10-26(40)11-13-27)37(2,3)25-9-14-30(38)33(19-25)50-4/h5-7,9-16,19-22,24H,8,17-18,23H2,1-4H3/p+1/t24-/m1/s1. The number of carboxylic acids is 1. The summed E-state index contributed by atoms with van der Waals surface area (Å²) in [5, 5.41) is 10.5. The summed E-state index contributed by atoms with van der Waals surface area (Å²) < 4.78 is 67.4. The monoisotopic (exact) mass is 789 g/mol. The Labute approximate surface area is 315 Å². The van der Waals surface area contributed by atoms with Crippen LogP contribution in [0.3, 0.4) is 0 Å². The van der Waals surface area contributed by atoms with Crippen molar-refractivity contribution in [3.05, 3.63) is 130 Å². The minimum absolute atomic E-state index is 0.0285. The van der Waals surface area contributed by atoms with Crippen LogP contribution >= 0.6 is 35.0 Å². The molecule has 2 heterocycles. The summed E-state index contributed by atoms with van der Waals surface area (Å²) in [7, 11) is -2.95. The topological polar surface area (TPSA) is 106 Å². The average molecular weight is 791 g/mol. The zero-order valence-corrected chi connectivity index (χ0v) is 31.9. The Morgan fingerprint density at radius 2 is 1.75 bits per heavy atom. The van der Waals surface area contributed by atoms with E-state index in [1.54, 1.807) is 24.4 Å². The highest BCUT2D eigenvalue weighted by Crippen LogP contribution is 2.40. The van der Waals surface area contributed by atoms with Gasteiger partial charge in [-0.25, -0.2) is 26.7 Å².